The number of hydrogen-bond acceptors (Lipinski definition) is 3. The van der Waals surface area contributed by atoms with Gasteiger partial charge < -0.3 is 5.73 Å². The number of nitrogens with zero attached hydrogens (tertiary/aromatic N) is 2. The molecule has 1 aromatic heterocycles. The van der Waals surface area contributed by atoms with Crippen LogP contribution in [-0.4, -0.2) is 10.2 Å². The molecule has 18 heavy (non-hydrogen) atoms. The van der Waals surface area contributed by atoms with Crippen molar-refractivity contribution in [3.8, 4) is 11.1 Å². The van der Waals surface area contributed by atoms with Crippen LogP contribution in [0, 0.1) is 6.92 Å². The van der Waals surface area contributed by atoms with E-state index < -0.39 is 11.7 Å². The van der Waals surface area contributed by atoms with Gasteiger partial charge in [0, 0.05) is 5.56 Å². The van der Waals surface area contributed by atoms with Crippen LogP contribution in [0.15, 0.2) is 30.3 Å². The molecular formula is C12H10F3N3. The van der Waals surface area contributed by atoms with Crippen molar-refractivity contribution in [1.29, 1.82) is 0 Å². The van der Waals surface area contributed by atoms with Gasteiger partial charge in [-0.05, 0) is 30.7 Å². The van der Waals surface area contributed by atoms with Gasteiger partial charge in [-0.2, -0.15) is 18.3 Å². The fourth-order valence-corrected chi connectivity index (χ4v) is 1.57. The fraction of sp³-hybridized carbons (Fsp3) is 0.167. The average Bonchev–Trinajstić information content (AvgIpc) is 2.31. The topological polar surface area (TPSA) is 51.8 Å². The fourth-order valence-electron chi connectivity index (χ4n) is 1.57. The van der Waals surface area contributed by atoms with Crippen molar-refractivity contribution < 1.29 is 13.2 Å². The molecule has 0 spiro atoms. The molecule has 1 aromatic carbocycles. The summed E-state index contributed by atoms with van der Waals surface area (Å²) in [7, 11) is 0. The zero-order valence-corrected chi connectivity index (χ0v) is 9.49. The first-order chi connectivity index (χ1) is 8.38. The zero-order chi connectivity index (χ0) is 13.3. The van der Waals surface area contributed by atoms with Gasteiger partial charge in [0.15, 0.2) is 5.82 Å². The summed E-state index contributed by atoms with van der Waals surface area (Å²) in [4.78, 5) is 0. The lowest BCUT2D eigenvalue weighted by atomic mass is 10.0. The van der Waals surface area contributed by atoms with Crippen LogP contribution in [0.4, 0.5) is 19.0 Å². The second kappa shape index (κ2) is 4.29. The number of rotatable bonds is 1. The molecule has 2 rings (SSSR count). The van der Waals surface area contributed by atoms with Gasteiger partial charge in [0.25, 0.3) is 0 Å². The van der Waals surface area contributed by atoms with Gasteiger partial charge in [-0.25, -0.2) is 0 Å². The molecule has 0 amide bonds. The summed E-state index contributed by atoms with van der Waals surface area (Å²) in [5.41, 5.74) is 6.77. The van der Waals surface area contributed by atoms with Crippen LogP contribution in [0.1, 0.15) is 11.3 Å². The number of hydrogen-bond donors (Lipinski definition) is 1. The number of alkyl halides is 3. The molecule has 94 valence electrons. The van der Waals surface area contributed by atoms with E-state index >= 15 is 0 Å². The Labute approximate surface area is 101 Å². The number of halogens is 3. The Kier molecular flexibility index (Phi) is 2.94. The molecule has 0 aliphatic carbocycles. The Morgan fingerprint density at radius 1 is 1.06 bits per heavy atom. The monoisotopic (exact) mass is 253 g/mol. The van der Waals surface area contributed by atoms with Crippen LogP contribution in [0.3, 0.4) is 0 Å². The average molecular weight is 253 g/mol. The Bertz CT molecular complexity index is 562. The highest BCUT2D eigenvalue weighted by Gasteiger charge is 2.30. The van der Waals surface area contributed by atoms with Gasteiger partial charge in [0.05, 0.1) is 11.3 Å². The normalized spacial score (nSPS) is 11.6. The maximum absolute atomic E-state index is 12.4. The summed E-state index contributed by atoms with van der Waals surface area (Å²) in [5.74, 6) is 0.195. The summed E-state index contributed by atoms with van der Waals surface area (Å²) in [6.07, 6.45) is -4.34. The van der Waals surface area contributed by atoms with Crippen molar-refractivity contribution in [2.75, 3.05) is 5.73 Å². The predicted molar refractivity (Wildman–Crippen MR) is 61.6 cm³/mol. The van der Waals surface area contributed by atoms with Crippen LogP contribution in [0.25, 0.3) is 11.1 Å². The van der Waals surface area contributed by atoms with Crippen molar-refractivity contribution in [3.05, 3.63) is 41.6 Å². The minimum atomic E-state index is -4.34. The maximum atomic E-state index is 12.4. The van der Waals surface area contributed by atoms with E-state index in [-0.39, 0.29) is 5.82 Å². The number of benzene rings is 1. The third kappa shape index (κ3) is 2.42. The third-order valence-corrected chi connectivity index (χ3v) is 2.47. The summed E-state index contributed by atoms with van der Waals surface area (Å²) in [6, 6.07) is 6.46. The number of aryl methyl sites for hydroxylation is 1. The smallest absolute Gasteiger partial charge is 0.382 e. The van der Waals surface area contributed by atoms with Crippen LogP contribution in [-0.2, 0) is 6.18 Å². The minimum absolute atomic E-state index is 0.195. The summed E-state index contributed by atoms with van der Waals surface area (Å²) in [5, 5.41) is 7.50. The van der Waals surface area contributed by atoms with E-state index in [1.165, 1.54) is 12.1 Å². The highest BCUT2D eigenvalue weighted by atomic mass is 19.4. The molecule has 1 heterocycles. The SMILES string of the molecule is Cc1cc(-c2ccc(C(F)(F)F)cc2)c(N)nn1. The number of nitrogens with two attached hydrogens (primary N) is 1. The Morgan fingerprint density at radius 2 is 1.67 bits per heavy atom. The van der Waals surface area contributed by atoms with Gasteiger partial charge in [0.2, 0.25) is 0 Å². The van der Waals surface area contributed by atoms with E-state index in [4.69, 9.17) is 5.73 Å². The molecule has 0 radical (unpaired) electrons. The van der Waals surface area contributed by atoms with Gasteiger partial charge in [-0.3, -0.25) is 0 Å². The summed E-state index contributed by atoms with van der Waals surface area (Å²) in [6.45, 7) is 1.74. The molecule has 0 unspecified atom stereocenters. The van der Waals surface area contributed by atoms with Crippen LogP contribution in [0.5, 0.6) is 0 Å². The minimum Gasteiger partial charge on any atom is -0.382 e. The van der Waals surface area contributed by atoms with Crippen molar-refractivity contribution in [2.45, 2.75) is 13.1 Å². The molecule has 2 aromatic rings. The van der Waals surface area contributed by atoms with Crippen molar-refractivity contribution >= 4 is 5.82 Å². The third-order valence-electron chi connectivity index (χ3n) is 2.47. The Hall–Kier alpha value is -2.11. The first kappa shape index (κ1) is 12.3. The number of nitrogen functional groups attached to an aromatic ring is 1. The second-order valence-corrected chi connectivity index (χ2v) is 3.86. The van der Waals surface area contributed by atoms with Crippen molar-refractivity contribution in [2.24, 2.45) is 0 Å². The Balaban J connectivity index is 2.43. The molecular weight excluding hydrogens is 243 g/mol. The van der Waals surface area contributed by atoms with E-state index in [1.807, 2.05) is 0 Å². The Morgan fingerprint density at radius 3 is 2.22 bits per heavy atom. The quantitative estimate of drug-likeness (QED) is 0.849. The predicted octanol–water partition coefficient (Wildman–Crippen LogP) is 3.05. The molecule has 6 heteroatoms. The van der Waals surface area contributed by atoms with E-state index in [1.54, 1.807) is 13.0 Å². The van der Waals surface area contributed by atoms with Crippen LogP contribution < -0.4 is 5.73 Å². The van der Waals surface area contributed by atoms with Crippen LogP contribution >= 0.6 is 0 Å². The van der Waals surface area contributed by atoms with E-state index in [0.717, 1.165) is 12.1 Å². The van der Waals surface area contributed by atoms with Gasteiger partial charge in [-0.1, -0.05) is 12.1 Å². The summed E-state index contributed by atoms with van der Waals surface area (Å²) >= 11 is 0. The molecule has 0 aliphatic heterocycles. The van der Waals surface area contributed by atoms with E-state index in [0.29, 0.717) is 16.8 Å². The van der Waals surface area contributed by atoms with Gasteiger partial charge >= 0.3 is 6.18 Å². The second-order valence-electron chi connectivity index (χ2n) is 3.86. The molecule has 0 fully saturated rings. The van der Waals surface area contributed by atoms with Gasteiger partial charge in [0.1, 0.15) is 0 Å². The van der Waals surface area contributed by atoms with Crippen molar-refractivity contribution in [3.63, 3.8) is 0 Å². The summed E-state index contributed by atoms with van der Waals surface area (Å²) < 4.78 is 37.3. The number of aromatic nitrogens is 2. The molecule has 3 nitrogen and oxygen atoms in total. The largest absolute Gasteiger partial charge is 0.416 e. The molecule has 0 atom stereocenters. The molecule has 0 saturated heterocycles. The first-order valence-corrected chi connectivity index (χ1v) is 5.15. The highest BCUT2D eigenvalue weighted by molar-refractivity contribution is 5.73. The highest BCUT2D eigenvalue weighted by Crippen LogP contribution is 2.31. The van der Waals surface area contributed by atoms with E-state index in [9.17, 15) is 13.2 Å². The molecule has 2 N–H and O–H groups in total. The molecule has 0 aliphatic rings. The maximum Gasteiger partial charge on any atom is 0.416 e. The first-order valence-electron chi connectivity index (χ1n) is 5.15. The van der Waals surface area contributed by atoms with Crippen LogP contribution in [0.2, 0.25) is 0 Å². The standard InChI is InChI=1S/C12H10F3N3/c1-7-6-10(11(16)18-17-7)8-2-4-9(5-3-8)12(13,14)15/h2-6H,1H3,(H2,16,18). The zero-order valence-electron chi connectivity index (χ0n) is 9.49. The molecule has 0 bridgehead atoms. The number of anilines is 1. The lowest BCUT2D eigenvalue weighted by Gasteiger charge is -2.09. The van der Waals surface area contributed by atoms with Gasteiger partial charge in [-0.15, -0.1) is 5.10 Å². The lowest BCUT2D eigenvalue weighted by molar-refractivity contribution is -0.137. The molecule has 0 saturated carbocycles. The van der Waals surface area contributed by atoms with Crippen molar-refractivity contribution in [1.82, 2.24) is 10.2 Å². The lowest BCUT2D eigenvalue weighted by Crippen LogP contribution is -2.04. The van der Waals surface area contributed by atoms with E-state index in [2.05, 4.69) is 10.2 Å².